The molecule has 0 saturated heterocycles. The largest absolute Gasteiger partial charge is 0.490 e. The molecule has 4 rings (SSSR count). The second-order valence-corrected chi connectivity index (χ2v) is 11.1. The summed E-state index contributed by atoms with van der Waals surface area (Å²) >= 11 is 13.1. The van der Waals surface area contributed by atoms with E-state index in [1.165, 1.54) is 7.05 Å². The van der Waals surface area contributed by atoms with Crippen LogP contribution >= 0.6 is 23.2 Å². The lowest BCUT2D eigenvalue weighted by atomic mass is 9.92. The summed E-state index contributed by atoms with van der Waals surface area (Å²) in [6.07, 6.45) is 1.56. The van der Waals surface area contributed by atoms with Crippen LogP contribution in [0.4, 0.5) is 16.3 Å². The highest BCUT2D eigenvalue weighted by atomic mass is 35.5. The van der Waals surface area contributed by atoms with Crippen molar-refractivity contribution in [2.75, 3.05) is 38.0 Å². The molecule has 3 N–H and O–H groups in total. The van der Waals surface area contributed by atoms with Gasteiger partial charge in [0.1, 0.15) is 34.7 Å². The van der Waals surface area contributed by atoms with Gasteiger partial charge in [-0.05, 0) is 24.3 Å². The van der Waals surface area contributed by atoms with E-state index in [0.717, 1.165) is 5.69 Å². The molecule has 11 nitrogen and oxygen atoms in total. The van der Waals surface area contributed by atoms with Gasteiger partial charge in [0.25, 0.3) is 5.91 Å². The molecule has 0 fully saturated rings. The molecule has 222 valence electrons. The standard InChI is InChI=1S/C29H32Cl2N6O5/c1-29(2,3)23-15-24(37(5)36-23)35-28(39)34-18-7-8-21(26(31)25(18)30)42-20-9-10-33-19-14-22(41-12-11-40-6)17(13-16(19)20)27(38)32-4/h7-10,13-15H,11-12H2,1-6H3,(H,32,38)(H2,34,35,39). The molecular formula is C29H32Cl2N6O5. The zero-order valence-corrected chi connectivity index (χ0v) is 25.6. The minimum Gasteiger partial charge on any atom is -0.490 e. The van der Waals surface area contributed by atoms with E-state index in [1.54, 1.807) is 55.4 Å². The Morgan fingerprint density at radius 2 is 1.74 bits per heavy atom. The number of fused-ring (bicyclic) bond motifs is 1. The minimum absolute atomic E-state index is 0.0843. The molecular weight excluding hydrogens is 583 g/mol. The number of amides is 3. The number of hydrogen-bond donors (Lipinski definition) is 3. The summed E-state index contributed by atoms with van der Waals surface area (Å²) in [5.74, 6) is 1.17. The van der Waals surface area contributed by atoms with Gasteiger partial charge in [-0.15, -0.1) is 0 Å². The molecule has 0 aliphatic heterocycles. The minimum atomic E-state index is -0.518. The maximum atomic E-state index is 12.7. The first-order valence-electron chi connectivity index (χ1n) is 13.0. The van der Waals surface area contributed by atoms with Crippen molar-refractivity contribution in [3.05, 3.63) is 63.9 Å². The third-order valence-electron chi connectivity index (χ3n) is 6.22. The number of urea groups is 1. The van der Waals surface area contributed by atoms with Gasteiger partial charge in [0, 0.05) is 50.3 Å². The van der Waals surface area contributed by atoms with E-state index < -0.39 is 6.03 Å². The average molecular weight is 616 g/mol. The van der Waals surface area contributed by atoms with E-state index >= 15 is 0 Å². The van der Waals surface area contributed by atoms with Gasteiger partial charge in [0.05, 0.1) is 34.1 Å². The number of benzene rings is 2. The molecule has 42 heavy (non-hydrogen) atoms. The van der Waals surface area contributed by atoms with E-state index in [2.05, 4.69) is 26.0 Å². The molecule has 2 aromatic heterocycles. The molecule has 0 bridgehead atoms. The van der Waals surface area contributed by atoms with Crippen molar-refractivity contribution in [1.29, 1.82) is 0 Å². The van der Waals surface area contributed by atoms with Crippen molar-refractivity contribution in [3.63, 3.8) is 0 Å². The van der Waals surface area contributed by atoms with Crippen LogP contribution in [0, 0.1) is 0 Å². The fourth-order valence-electron chi connectivity index (χ4n) is 3.95. The fourth-order valence-corrected chi connectivity index (χ4v) is 4.36. The topological polar surface area (TPSA) is 129 Å². The molecule has 2 aromatic carbocycles. The first-order valence-corrected chi connectivity index (χ1v) is 13.7. The Morgan fingerprint density at radius 1 is 0.976 bits per heavy atom. The monoisotopic (exact) mass is 614 g/mol. The molecule has 0 saturated carbocycles. The van der Waals surface area contributed by atoms with Crippen molar-refractivity contribution in [2.24, 2.45) is 7.05 Å². The Balaban J connectivity index is 1.57. The molecule has 0 spiro atoms. The second kappa shape index (κ2) is 12.8. The van der Waals surface area contributed by atoms with Crippen LogP contribution in [-0.2, 0) is 17.2 Å². The number of ether oxygens (including phenoxy) is 3. The van der Waals surface area contributed by atoms with Crippen LogP contribution in [-0.4, -0.2) is 54.1 Å². The number of nitrogens with zero attached hydrogens (tertiary/aromatic N) is 3. The average Bonchev–Trinajstić information content (AvgIpc) is 3.32. The second-order valence-electron chi connectivity index (χ2n) is 10.3. The van der Waals surface area contributed by atoms with Crippen LogP contribution in [0.1, 0.15) is 36.8 Å². The van der Waals surface area contributed by atoms with Gasteiger partial charge in [-0.2, -0.15) is 5.10 Å². The number of carbonyl (C=O) groups excluding carboxylic acids is 2. The van der Waals surface area contributed by atoms with Gasteiger partial charge in [0.2, 0.25) is 0 Å². The van der Waals surface area contributed by atoms with Crippen LogP contribution < -0.4 is 25.4 Å². The highest BCUT2D eigenvalue weighted by Gasteiger charge is 2.21. The number of anilines is 2. The van der Waals surface area contributed by atoms with Gasteiger partial charge in [0.15, 0.2) is 0 Å². The number of halogens is 2. The Kier molecular flexibility index (Phi) is 9.45. The van der Waals surface area contributed by atoms with Gasteiger partial charge in [-0.25, -0.2) is 4.79 Å². The third kappa shape index (κ3) is 6.87. The molecule has 2 heterocycles. The lowest BCUT2D eigenvalue weighted by molar-refractivity contribution is 0.0955. The maximum absolute atomic E-state index is 12.7. The first-order chi connectivity index (χ1) is 19.9. The predicted octanol–water partition coefficient (Wildman–Crippen LogP) is 6.39. The SMILES string of the molecule is CNC(=O)c1cc2c(Oc3ccc(NC(=O)Nc4cc(C(C)(C)C)nn4C)c(Cl)c3Cl)ccnc2cc1OCCOC. The van der Waals surface area contributed by atoms with Crippen LogP contribution in [0.2, 0.25) is 10.0 Å². The lowest BCUT2D eigenvalue weighted by Crippen LogP contribution is -2.21. The van der Waals surface area contributed by atoms with Gasteiger partial charge in [-0.1, -0.05) is 44.0 Å². The van der Waals surface area contributed by atoms with Crippen LogP contribution in [0.3, 0.4) is 0 Å². The Bertz CT molecular complexity index is 1630. The summed E-state index contributed by atoms with van der Waals surface area (Å²) in [6, 6.07) is 9.40. The Labute approximate surface area is 253 Å². The summed E-state index contributed by atoms with van der Waals surface area (Å²) < 4.78 is 18.5. The lowest BCUT2D eigenvalue weighted by Gasteiger charge is -2.16. The molecule has 13 heteroatoms. The maximum Gasteiger partial charge on any atom is 0.324 e. The number of nitrogens with one attached hydrogen (secondary N) is 3. The summed E-state index contributed by atoms with van der Waals surface area (Å²) in [6.45, 7) is 6.73. The summed E-state index contributed by atoms with van der Waals surface area (Å²) in [7, 11) is 4.84. The first kappa shape index (κ1) is 30.9. The normalized spacial score (nSPS) is 11.3. The van der Waals surface area contributed by atoms with Crippen molar-refractivity contribution in [3.8, 4) is 17.2 Å². The summed E-state index contributed by atoms with van der Waals surface area (Å²) in [5, 5.41) is 13.3. The number of aromatic nitrogens is 3. The van der Waals surface area contributed by atoms with Crippen LogP contribution in [0.5, 0.6) is 17.2 Å². The summed E-state index contributed by atoms with van der Waals surface area (Å²) in [4.78, 5) is 29.8. The zero-order valence-electron chi connectivity index (χ0n) is 24.1. The van der Waals surface area contributed by atoms with Crippen molar-refractivity contribution < 1.29 is 23.8 Å². The van der Waals surface area contributed by atoms with Gasteiger partial charge < -0.3 is 24.8 Å². The van der Waals surface area contributed by atoms with E-state index in [-0.39, 0.29) is 39.4 Å². The number of rotatable bonds is 9. The van der Waals surface area contributed by atoms with Crippen molar-refractivity contribution in [1.82, 2.24) is 20.1 Å². The molecule has 0 aliphatic rings. The number of aryl methyl sites for hydroxylation is 1. The number of methoxy groups -OCH3 is 1. The van der Waals surface area contributed by atoms with Crippen LogP contribution in [0.15, 0.2) is 42.6 Å². The highest BCUT2D eigenvalue weighted by Crippen LogP contribution is 2.41. The quantitative estimate of drug-likeness (QED) is 0.186. The molecule has 4 aromatic rings. The van der Waals surface area contributed by atoms with Crippen LogP contribution in [0.25, 0.3) is 10.9 Å². The predicted molar refractivity (Wildman–Crippen MR) is 164 cm³/mol. The van der Waals surface area contributed by atoms with E-state index in [9.17, 15) is 9.59 Å². The molecule has 0 radical (unpaired) electrons. The number of pyridine rings is 1. The van der Waals surface area contributed by atoms with Crippen molar-refractivity contribution >= 4 is 57.5 Å². The van der Waals surface area contributed by atoms with Gasteiger partial charge >= 0.3 is 6.03 Å². The zero-order chi connectivity index (χ0) is 30.6. The highest BCUT2D eigenvalue weighted by molar-refractivity contribution is 6.45. The molecule has 0 unspecified atom stereocenters. The van der Waals surface area contributed by atoms with E-state index in [4.69, 9.17) is 37.4 Å². The number of carbonyl (C=O) groups is 2. The van der Waals surface area contributed by atoms with Gasteiger partial charge in [-0.3, -0.25) is 19.8 Å². The third-order valence-corrected chi connectivity index (χ3v) is 7.09. The molecule has 0 aliphatic carbocycles. The Hall–Kier alpha value is -4.06. The van der Waals surface area contributed by atoms with E-state index in [1.807, 2.05) is 26.8 Å². The Morgan fingerprint density at radius 3 is 2.40 bits per heavy atom. The number of hydrogen-bond acceptors (Lipinski definition) is 7. The fraction of sp³-hybridized carbons (Fsp3) is 0.310. The molecule has 3 amide bonds. The van der Waals surface area contributed by atoms with Crippen molar-refractivity contribution in [2.45, 2.75) is 26.2 Å². The molecule has 0 atom stereocenters. The van der Waals surface area contributed by atoms with E-state index in [0.29, 0.717) is 40.4 Å². The smallest absolute Gasteiger partial charge is 0.324 e. The summed E-state index contributed by atoms with van der Waals surface area (Å²) in [5.41, 5.74) is 1.78.